The summed E-state index contributed by atoms with van der Waals surface area (Å²) in [6.07, 6.45) is 2.29. The first-order valence-corrected chi connectivity index (χ1v) is 11.6. The predicted molar refractivity (Wildman–Crippen MR) is 121 cm³/mol. The smallest absolute Gasteiger partial charge is 0.273 e. The Morgan fingerprint density at radius 3 is 2.63 bits per heavy atom. The second kappa shape index (κ2) is 9.05. The third-order valence-corrected chi connectivity index (χ3v) is 6.94. The van der Waals surface area contributed by atoms with E-state index in [1.54, 1.807) is 35.9 Å². The van der Waals surface area contributed by atoms with Crippen molar-refractivity contribution in [3.63, 3.8) is 0 Å². The molecule has 1 fully saturated rings. The van der Waals surface area contributed by atoms with Crippen molar-refractivity contribution >= 4 is 50.2 Å². The van der Waals surface area contributed by atoms with Crippen molar-refractivity contribution in [1.29, 1.82) is 0 Å². The van der Waals surface area contributed by atoms with Crippen LogP contribution in [-0.4, -0.2) is 46.4 Å². The van der Waals surface area contributed by atoms with Crippen LogP contribution in [0.2, 0.25) is 0 Å². The minimum absolute atomic E-state index is 0.0940. The number of nitrogens with one attached hydrogen (secondary N) is 1. The molecular weight excluding hydrogens is 422 g/mol. The van der Waals surface area contributed by atoms with Crippen LogP contribution in [-0.2, 0) is 11.3 Å². The number of carbonyl (C=O) groups is 1. The van der Waals surface area contributed by atoms with Crippen molar-refractivity contribution in [2.45, 2.75) is 31.5 Å². The second-order valence-corrected chi connectivity index (χ2v) is 8.77. The summed E-state index contributed by atoms with van der Waals surface area (Å²) in [5, 5.41) is 4.21. The highest BCUT2D eigenvalue weighted by Crippen LogP contribution is 2.29. The van der Waals surface area contributed by atoms with Crippen LogP contribution >= 0.6 is 23.1 Å². The number of ether oxygens (including phenoxy) is 1. The monoisotopic (exact) mass is 445 g/mol. The van der Waals surface area contributed by atoms with E-state index in [2.05, 4.69) is 20.2 Å². The normalized spacial score (nSPS) is 13.7. The number of thioether (sulfide) groups is 1. The Morgan fingerprint density at radius 1 is 1.23 bits per heavy atom. The maximum absolute atomic E-state index is 13.0. The summed E-state index contributed by atoms with van der Waals surface area (Å²) >= 11 is 2.65. The van der Waals surface area contributed by atoms with E-state index in [0.717, 1.165) is 36.8 Å². The van der Waals surface area contributed by atoms with E-state index in [1.165, 1.54) is 23.1 Å². The number of methoxy groups -OCH3 is 1. The fourth-order valence-corrected chi connectivity index (χ4v) is 5.17. The first-order valence-electron chi connectivity index (χ1n) is 9.82. The quantitative estimate of drug-likeness (QED) is 0.441. The number of nitrogens with zero attached hydrogens (tertiary/aromatic N) is 4. The number of anilines is 2. The van der Waals surface area contributed by atoms with Crippen LogP contribution in [0.25, 0.3) is 10.3 Å². The molecule has 0 spiro atoms. The van der Waals surface area contributed by atoms with Gasteiger partial charge in [0.1, 0.15) is 10.4 Å². The van der Waals surface area contributed by atoms with Gasteiger partial charge in [-0.2, -0.15) is 4.98 Å². The van der Waals surface area contributed by atoms with Crippen molar-refractivity contribution < 1.29 is 9.53 Å². The van der Waals surface area contributed by atoms with Gasteiger partial charge in [-0.25, -0.2) is 4.98 Å². The van der Waals surface area contributed by atoms with Crippen molar-refractivity contribution in [2.24, 2.45) is 0 Å². The Morgan fingerprint density at radius 2 is 1.97 bits per heavy atom. The Balaban J connectivity index is 1.50. The lowest BCUT2D eigenvalue weighted by Gasteiger charge is -2.11. The van der Waals surface area contributed by atoms with E-state index in [9.17, 15) is 9.59 Å². The average Bonchev–Trinajstić information content (AvgIpc) is 3.43. The number of fused-ring (bicyclic) bond motifs is 1. The summed E-state index contributed by atoms with van der Waals surface area (Å²) in [6, 6.07) is 7.13. The molecule has 0 bridgehead atoms. The maximum Gasteiger partial charge on any atom is 0.273 e. The summed E-state index contributed by atoms with van der Waals surface area (Å²) in [6.45, 7) is 4.32. The lowest BCUT2D eigenvalue weighted by Crippen LogP contribution is -2.23. The number of hydrogen-bond acceptors (Lipinski definition) is 8. The highest BCUT2D eigenvalue weighted by Gasteiger charge is 2.20. The number of thiazole rings is 1. The summed E-state index contributed by atoms with van der Waals surface area (Å²) < 4.78 is 7.31. The third kappa shape index (κ3) is 4.29. The number of hydrogen-bond donors (Lipinski definition) is 1. The molecule has 1 aliphatic heterocycles. The molecule has 8 nitrogen and oxygen atoms in total. The number of benzene rings is 1. The molecule has 0 atom stereocenters. The van der Waals surface area contributed by atoms with E-state index in [0.29, 0.717) is 27.7 Å². The first-order chi connectivity index (χ1) is 14.6. The van der Waals surface area contributed by atoms with Gasteiger partial charge in [-0.3, -0.25) is 14.2 Å². The largest absolute Gasteiger partial charge is 0.497 e. The minimum Gasteiger partial charge on any atom is -0.497 e. The number of amides is 1. The van der Waals surface area contributed by atoms with Crippen LogP contribution < -0.4 is 20.5 Å². The van der Waals surface area contributed by atoms with E-state index in [4.69, 9.17) is 4.74 Å². The third-order valence-electron chi connectivity index (χ3n) is 4.87. The van der Waals surface area contributed by atoms with Crippen molar-refractivity contribution in [3.05, 3.63) is 34.6 Å². The molecule has 1 amide bonds. The zero-order valence-electron chi connectivity index (χ0n) is 16.9. The molecule has 1 aliphatic rings. The summed E-state index contributed by atoms with van der Waals surface area (Å²) in [5.74, 6) is 0.703. The van der Waals surface area contributed by atoms with Gasteiger partial charge in [0.25, 0.3) is 5.56 Å². The Bertz CT molecular complexity index is 1100. The number of rotatable bonds is 7. The fraction of sp³-hybridized carbons (Fsp3) is 0.400. The van der Waals surface area contributed by atoms with Gasteiger partial charge in [0.05, 0.1) is 12.9 Å². The molecule has 3 heterocycles. The molecule has 0 radical (unpaired) electrons. The summed E-state index contributed by atoms with van der Waals surface area (Å²) in [5.41, 5.74) is 1.06. The van der Waals surface area contributed by atoms with Crippen LogP contribution in [0.5, 0.6) is 5.75 Å². The molecule has 3 aromatic rings. The lowest BCUT2D eigenvalue weighted by atomic mass is 10.3. The van der Waals surface area contributed by atoms with Gasteiger partial charge in [0.15, 0.2) is 15.9 Å². The fourth-order valence-electron chi connectivity index (χ4n) is 3.31. The Labute approximate surface area is 182 Å². The van der Waals surface area contributed by atoms with Crippen LogP contribution in [0, 0.1) is 0 Å². The zero-order valence-corrected chi connectivity index (χ0v) is 18.5. The number of carbonyl (C=O) groups excluding carboxylic acids is 1. The molecule has 0 saturated carbocycles. The molecule has 30 heavy (non-hydrogen) atoms. The van der Waals surface area contributed by atoms with Gasteiger partial charge in [-0.15, -0.1) is 0 Å². The van der Waals surface area contributed by atoms with Crippen LogP contribution in [0.4, 0.5) is 10.8 Å². The second-order valence-electron chi connectivity index (χ2n) is 6.85. The summed E-state index contributed by atoms with van der Waals surface area (Å²) in [7, 11) is 1.59. The topological polar surface area (TPSA) is 89.3 Å². The zero-order chi connectivity index (χ0) is 21.1. The van der Waals surface area contributed by atoms with Gasteiger partial charge < -0.3 is 15.0 Å². The van der Waals surface area contributed by atoms with Crippen molar-refractivity contribution in [1.82, 2.24) is 14.5 Å². The molecule has 158 valence electrons. The molecule has 2 aromatic heterocycles. The van der Waals surface area contributed by atoms with Gasteiger partial charge >= 0.3 is 0 Å². The standard InChI is InChI=1S/C20H23N5O3S2/c1-3-25-18(27)16-17(22-19(30-16)24-10-4-5-11-24)23-20(25)29-12-15(26)21-13-6-8-14(28-2)9-7-13/h6-9H,3-5,10-12H2,1-2H3,(H,21,26). The molecule has 0 unspecified atom stereocenters. The highest BCUT2D eigenvalue weighted by molar-refractivity contribution is 7.99. The Hall–Kier alpha value is -2.59. The van der Waals surface area contributed by atoms with Crippen LogP contribution in [0.1, 0.15) is 19.8 Å². The van der Waals surface area contributed by atoms with Gasteiger partial charge in [-0.1, -0.05) is 23.1 Å². The van der Waals surface area contributed by atoms with E-state index >= 15 is 0 Å². The van der Waals surface area contributed by atoms with Crippen molar-refractivity contribution in [2.75, 3.05) is 36.2 Å². The summed E-state index contributed by atoms with van der Waals surface area (Å²) in [4.78, 5) is 36.7. The molecule has 10 heteroatoms. The van der Waals surface area contributed by atoms with E-state index in [1.807, 2.05) is 6.92 Å². The Kier molecular flexibility index (Phi) is 6.24. The number of aromatic nitrogens is 3. The molecule has 4 rings (SSSR count). The lowest BCUT2D eigenvalue weighted by molar-refractivity contribution is -0.113. The van der Waals surface area contributed by atoms with Gasteiger partial charge in [0, 0.05) is 25.3 Å². The minimum atomic E-state index is -0.168. The predicted octanol–water partition coefficient (Wildman–Crippen LogP) is 3.21. The highest BCUT2D eigenvalue weighted by atomic mass is 32.2. The molecule has 1 saturated heterocycles. The average molecular weight is 446 g/mol. The molecule has 1 N–H and O–H groups in total. The molecule has 0 aliphatic carbocycles. The van der Waals surface area contributed by atoms with Crippen molar-refractivity contribution in [3.8, 4) is 5.75 Å². The maximum atomic E-state index is 13.0. The SMILES string of the molecule is CCn1c(SCC(=O)Nc2ccc(OC)cc2)nc2nc(N3CCCC3)sc2c1=O. The van der Waals surface area contributed by atoms with E-state index < -0.39 is 0 Å². The molecule has 1 aromatic carbocycles. The van der Waals surface area contributed by atoms with Gasteiger partial charge in [0.2, 0.25) is 5.91 Å². The van der Waals surface area contributed by atoms with Gasteiger partial charge in [-0.05, 0) is 44.0 Å². The molecular formula is C20H23N5O3S2. The van der Waals surface area contributed by atoms with E-state index in [-0.39, 0.29) is 17.2 Å². The van der Waals surface area contributed by atoms with Crippen LogP contribution in [0.3, 0.4) is 0 Å². The van der Waals surface area contributed by atoms with Crippen LogP contribution in [0.15, 0.2) is 34.2 Å². The first kappa shape index (κ1) is 20.7.